The third kappa shape index (κ3) is 3.78. The lowest BCUT2D eigenvalue weighted by Crippen LogP contribution is -2.19. The molecule has 0 spiro atoms. The standard InChI is InChI=1S/C16H16ClF2N/c1-20-10-13(11-3-6-15(18)7-4-11)8-12-2-5-14(17)9-16(12)19/h2-7,9,13,20H,8,10H2,1H3. The van der Waals surface area contributed by atoms with Gasteiger partial charge in [0, 0.05) is 17.5 Å². The molecule has 0 heterocycles. The maximum atomic E-state index is 13.9. The first kappa shape index (κ1) is 14.9. The third-order valence-electron chi connectivity index (χ3n) is 3.27. The smallest absolute Gasteiger partial charge is 0.127 e. The van der Waals surface area contributed by atoms with E-state index in [0.29, 0.717) is 23.6 Å². The molecule has 0 saturated heterocycles. The fraction of sp³-hybridized carbons (Fsp3) is 0.250. The quantitative estimate of drug-likeness (QED) is 0.873. The molecule has 0 saturated carbocycles. The van der Waals surface area contributed by atoms with Crippen LogP contribution in [0.4, 0.5) is 8.78 Å². The Balaban J connectivity index is 2.22. The number of nitrogens with one attached hydrogen (secondary N) is 1. The van der Waals surface area contributed by atoms with E-state index in [1.165, 1.54) is 18.2 Å². The van der Waals surface area contributed by atoms with Crippen molar-refractivity contribution in [2.75, 3.05) is 13.6 Å². The highest BCUT2D eigenvalue weighted by molar-refractivity contribution is 6.30. The van der Waals surface area contributed by atoms with E-state index in [9.17, 15) is 8.78 Å². The summed E-state index contributed by atoms with van der Waals surface area (Å²) in [5, 5.41) is 3.48. The Morgan fingerprint density at radius 2 is 1.80 bits per heavy atom. The molecule has 0 aliphatic heterocycles. The van der Waals surface area contributed by atoms with Gasteiger partial charge in [-0.2, -0.15) is 0 Å². The molecule has 0 fully saturated rings. The van der Waals surface area contributed by atoms with Gasteiger partial charge in [-0.25, -0.2) is 8.78 Å². The zero-order chi connectivity index (χ0) is 14.5. The number of hydrogen-bond acceptors (Lipinski definition) is 1. The van der Waals surface area contributed by atoms with Gasteiger partial charge in [0.1, 0.15) is 11.6 Å². The summed E-state index contributed by atoms with van der Waals surface area (Å²) in [7, 11) is 1.84. The van der Waals surface area contributed by atoms with Crippen molar-refractivity contribution in [1.29, 1.82) is 0 Å². The summed E-state index contributed by atoms with van der Waals surface area (Å²) in [6.07, 6.45) is 0.537. The minimum Gasteiger partial charge on any atom is -0.319 e. The Morgan fingerprint density at radius 3 is 2.40 bits per heavy atom. The fourth-order valence-electron chi connectivity index (χ4n) is 2.24. The van der Waals surface area contributed by atoms with Crippen LogP contribution in [0.5, 0.6) is 0 Å². The van der Waals surface area contributed by atoms with E-state index in [2.05, 4.69) is 5.32 Å². The van der Waals surface area contributed by atoms with Crippen LogP contribution in [-0.2, 0) is 6.42 Å². The van der Waals surface area contributed by atoms with Crippen molar-refractivity contribution in [2.45, 2.75) is 12.3 Å². The molecule has 0 bridgehead atoms. The van der Waals surface area contributed by atoms with Crippen molar-refractivity contribution in [2.24, 2.45) is 0 Å². The summed E-state index contributed by atoms with van der Waals surface area (Å²) in [6.45, 7) is 0.688. The van der Waals surface area contributed by atoms with E-state index in [-0.39, 0.29) is 17.6 Å². The summed E-state index contributed by atoms with van der Waals surface area (Å²) in [5.74, 6) is -0.494. The van der Waals surface area contributed by atoms with Crippen molar-refractivity contribution < 1.29 is 8.78 Å². The minimum atomic E-state index is -0.305. The predicted octanol–water partition coefficient (Wildman–Crippen LogP) is 4.16. The maximum Gasteiger partial charge on any atom is 0.127 e. The van der Waals surface area contributed by atoms with Crippen molar-refractivity contribution in [1.82, 2.24) is 5.32 Å². The van der Waals surface area contributed by atoms with Crippen LogP contribution in [0, 0.1) is 11.6 Å². The van der Waals surface area contributed by atoms with Gasteiger partial charge in [0.25, 0.3) is 0 Å². The van der Waals surface area contributed by atoms with Gasteiger partial charge >= 0.3 is 0 Å². The molecule has 20 heavy (non-hydrogen) atoms. The van der Waals surface area contributed by atoms with Gasteiger partial charge in [0.2, 0.25) is 0 Å². The van der Waals surface area contributed by atoms with Gasteiger partial charge in [-0.05, 0) is 48.9 Å². The summed E-state index contributed by atoms with van der Waals surface area (Å²) in [5.41, 5.74) is 1.59. The Hall–Kier alpha value is -1.45. The molecule has 1 atom stereocenters. The first-order chi connectivity index (χ1) is 9.60. The van der Waals surface area contributed by atoms with E-state index >= 15 is 0 Å². The molecule has 0 aliphatic rings. The van der Waals surface area contributed by atoms with Gasteiger partial charge in [-0.1, -0.05) is 29.8 Å². The topological polar surface area (TPSA) is 12.0 Å². The molecule has 2 aromatic rings. The van der Waals surface area contributed by atoms with Gasteiger partial charge in [0.05, 0.1) is 0 Å². The van der Waals surface area contributed by atoms with Crippen LogP contribution in [0.25, 0.3) is 0 Å². The van der Waals surface area contributed by atoms with Crippen LogP contribution in [0.2, 0.25) is 5.02 Å². The molecule has 0 aliphatic carbocycles. The molecule has 0 amide bonds. The van der Waals surface area contributed by atoms with Crippen LogP contribution >= 0.6 is 11.6 Å². The molecule has 1 nitrogen and oxygen atoms in total. The Morgan fingerprint density at radius 1 is 1.10 bits per heavy atom. The molecule has 0 aromatic heterocycles. The lowest BCUT2D eigenvalue weighted by molar-refractivity contribution is 0.572. The summed E-state index contributed by atoms with van der Waals surface area (Å²) in [6, 6.07) is 11.0. The number of benzene rings is 2. The highest BCUT2D eigenvalue weighted by Gasteiger charge is 2.14. The normalized spacial score (nSPS) is 12.4. The number of hydrogen-bond donors (Lipinski definition) is 1. The van der Waals surface area contributed by atoms with Gasteiger partial charge < -0.3 is 5.32 Å². The second-order valence-corrected chi connectivity index (χ2v) is 5.18. The maximum absolute atomic E-state index is 13.9. The number of halogens is 3. The molecule has 2 aromatic carbocycles. The van der Waals surface area contributed by atoms with E-state index in [0.717, 1.165) is 5.56 Å². The lowest BCUT2D eigenvalue weighted by atomic mass is 9.91. The zero-order valence-electron chi connectivity index (χ0n) is 11.2. The van der Waals surface area contributed by atoms with Crippen LogP contribution in [0.15, 0.2) is 42.5 Å². The molecular weight excluding hydrogens is 280 g/mol. The second kappa shape index (κ2) is 6.82. The molecule has 1 N–H and O–H groups in total. The lowest BCUT2D eigenvalue weighted by Gasteiger charge is -2.17. The highest BCUT2D eigenvalue weighted by atomic mass is 35.5. The zero-order valence-corrected chi connectivity index (χ0v) is 11.9. The van der Waals surface area contributed by atoms with Crippen molar-refractivity contribution in [3.8, 4) is 0 Å². The van der Waals surface area contributed by atoms with Crippen molar-refractivity contribution >= 4 is 11.6 Å². The fourth-order valence-corrected chi connectivity index (χ4v) is 2.40. The Labute approximate surface area is 122 Å². The van der Waals surface area contributed by atoms with E-state index in [1.54, 1.807) is 24.3 Å². The predicted molar refractivity (Wildman–Crippen MR) is 78.2 cm³/mol. The monoisotopic (exact) mass is 295 g/mol. The Kier molecular flexibility index (Phi) is 5.10. The summed E-state index contributed by atoms with van der Waals surface area (Å²) < 4.78 is 26.8. The van der Waals surface area contributed by atoms with Crippen molar-refractivity contribution in [3.05, 3.63) is 70.2 Å². The Bertz CT molecular complexity index is 569. The molecular formula is C16H16ClF2N. The van der Waals surface area contributed by atoms with Crippen LogP contribution in [0.1, 0.15) is 17.0 Å². The first-order valence-corrected chi connectivity index (χ1v) is 6.82. The van der Waals surface area contributed by atoms with Gasteiger partial charge in [-0.15, -0.1) is 0 Å². The van der Waals surface area contributed by atoms with Crippen LogP contribution in [-0.4, -0.2) is 13.6 Å². The highest BCUT2D eigenvalue weighted by Crippen LogP contribution is 2.24. The van der Waals surface area contributed by atoms with E-state index < -0.39 is 0 Å². The van der Waals surface area contributed by atoms with E-state index in [4.69, 9.17) is 11.6 Å². The van der Waals surface area contributed by atoms with Crippen LogP contribution < -0.4 is 5.32 Å². The summed E-state index contributed by atoms with van der Waals surface area (Å²) >= 11 is 5.76. The molecule has 2 rings (SSSR count). The van der Waals surface area contributed by atoms with Gasteiger partial charge in [-0.3, -0.25) is 0 Å². The SMILES string of the molecule is CNCC(Cc1ccc(Cl)cc1F)c1ccc(F)cc1. The largest absolute Gasteiger partial charge is 0.319 e. The third-order valence-corrected chi connectivity index (χ3v) is 3.51. The summed E-state index contributed by atoms with van der Waals surface area (Å²) in [4.78, 5) is 0. The number of likely N-dealkylation sites (N-methyl/N-ethyl adjacent to an activating group) is 1. The average molecular weight is 296 g/mol. The van der Waals surface area contributed by atoms with Gasteiger partial charge in [0.15, 0.2) is 0 Å². The molecule has 1 unspecified atom stereocenters. The average Bonchev–Trinajstić information content (AvgIpc) is 2.42. The van der Waals surface area contributed by atoms with E-state index in [1.807, 2.05) is 7.05 Å². The molecule has 0 radical (unpaired) electrons. The molecule has 4 heteroatoms. The first-order valence-electron chi connectivity index (χ1n) is 6.44. The molecule has 106 valence electrons. The van der Waals surface area contributed by atoms with Crippen molar-refractivity contribution in [3.63, 3.8) is 0 Å². The number of rotatable bonds is 5. The van der Waals surface area contributed by atoms with Crippen LogP contribution in [0.3, 0.4) is 0 Å². The minimum absolute atomic E-state index is 0.0799. The second-order valence-electron chi connectivity index (χ2n) is 4.75.